The van der Waals surface area contributed by atoms with Gasteiger partial charge in [-0.15, -0.1) is 0 Å². The van der Waals surface area contributed by atoms with Gasteiger partial charge >= 0.3 is 17.9 Å². The average molecular weight is 837 g/mol. The summed E-state index contributed by atoms with van der Waals surface area (Å²) in [6, 6.07) is 17.1. The van der Waals surface area contributed by atoms with Crippen molar-refractivity contribution in [1.29, 1.82) is 0 Å². The third-order valence-corrected chi connectivity index (χ3v) is 14.9. The molecule has 59 heavy (non-hydrogen) atoms. The number of aliphatic hydroxyl groups excluding tert-OH is 2. The molecular formula is C45H53ClO13. The highest BCUT2D eigenvalue weighted by atomic mass is 35.5. The SMILES string of the molecule is CC1CCCCCCC(C)C(=O)O[C@H]2/C(=C/Cl)C=C3[C@]2(O)[C@H](O)C2(CO)O[C@H]2[C@H]2[C@@H]4OC5(c6ccccc6)O[C@@H]([C@@H](C)[C@]32O5)[C@@]4(O)C(O)(COC(=O)c2ccccc2)C1. The van der Waals surface area contributed by atoms with Crippen LogP contribution in [-0.4, -0.2) is 109 Å². The summed E-state index contributed by atoms with van der Waals surface area (Å²) in [5.74, 6) is -6.29. The smallest absolute Gasteiger partial charge is 0.338 e. The summed E-state index contributed by atoms with van der Waals surface area (Å²) in [5.41, 5.74) is -8.65. The molecule has 0 radical (unpaired) electrons. The van der Waals surface area contributed by atoms with E-state index in [0.29, 0.717) is 18.4 Å². The van der Waals surface area contributed by atoms with Crippen LogP contribution in [0.15, 0.2) is 83.4 Å². The second-order valence-corrected chi connectivity index (χ2v) is 18.3. The molecule has 5 aliphatic heterocycles. The van der Waals surface area contributed by atoms with Crippen molar-refractivity contribution in [2.75, 3.05) is 13.2 Å². The second kappa shape index (κ2) is 14.4. The summed E-state index contributed by atoms with van der Waals surface area (Å²) in [6.45, 7) is 4.03. The topological polar surface area (TPSA) is 194 Å². The van der Waals surface area contributed by atoms with Gasteiger partial charge in [-0.1, -0.05) is 113 Å². The van der Waals surface area contributed by atoms with Gasteiger partial charge in [-0.25, -0.2) is 4.79 Å². The normalized spacial score (nSPS) is 47.1. The number of carbonyl (C=O) groups excluding carboxylic acids is 2. The molecule has 5 unspecified atom stereocenters. The third-order valence-electron chi connectivity index (χ3n) is 14.6. The van der Waals surface area contributed by atoms with Crippen molar-refractivity contribution in [2.24, 2.45) is 23.7 Å². The number of halogens is 1. The van der Waals surface area contributed by atoms with Gasteiger partial charge in [-0.05, 0) is 37.0 Å². The van der Waals surface area contributed by atoms with Gasteiger partial charge in [-0.3, -0.25) is 4.79 Å². The van der Waals surface area contributed by atoms with Crippen molar-refractivity contribution in [2.45, 2.75) is 130 Å². The van der Waals surface area contributed by atoms with Crippen LogP contribution in [0.3, 0.4) is 0 Å². The van der Waals surface area contributed by atoms with Crippen molar-refractivity contribution >= 4 is 23.5 Å². The molecule has 5 heterocycles. The molecule has 2 aromatic carbocycles. The number of hydrogen-bond donors (Lipinski definition) is 5. The number of fused-ring (bicyclic) bond motifs is 1. The predicted molar refractivity (Wildman–Crippen MR) is 209 cm³/mol. The van der Waals surface area contributed by atoms with E-state index in [1.54, 1.807) is 80.6 Å². The summed E-state index contributed by atoms with van der Waals surface area (Å²) in [6.07, 6.45) is -1.58. The van der Waals surface area contributed by atoms with Gasteiger partial charge in [-0.2, -0.15) is 0 Å². The van der Waals surface area contributed by atoms with E-state index >= 15 is 0 Å². The van der Waals surface area contributed by atoms with Crippen LogP contribution in [0, 0.1) is 23.7 Å². The zero-order valence-electron chi connectivity index (χ0n) is 33.4. The Morgan fingerprint density at radius 1 is 0.898 bits per heavy atom. The number of esters is 2. The van der Waals surface area contributed by atoms with Gasteiger partial charge in [0.15, 0.2) is 11.7 Å². The molecule has 13 nitrogen and oxygen atoms in total. The monoisotopic (exact) mass is 836 g/mol. The number of rotatable bonds is 5. The molecule has 5 saturated heterocycles. The lowest BCUT2D eigenvalue weighted by atomic mass is 9.50. The maximum absolute atomic E-state index is 13.9. The molecule has 10 rings (SSSR count). The number of epoxide rings is 1. The van der Waals surface area contributed by atoms with Crippen LogP contribution in [0.4, 0.5) is 0 Å². The van der Waals surface area contributed by atoms with Crippen LogP contribution < -0.4 is 0 Å². The van der Waals surface area contributed by atoms with Crippen molar-refractivity contribution in [1.82, 2.24) is 0 Å². The molecule has 14 heteroatoms. The first-order valence-electron chi connectivity index (χ1n) is 20.9. The Morgan fingerprint density at radius 2 is 1.56 bits per heavy atom. The first-order valence-corrected chi connectivity index (χ1v) is 21.3. The molecule has 318 valence electrons. The highest BCUT2D eigenvalue weighted by molar-refractivity contribution is 6.26. The van der Waals surface area contributed by atoms with E-state index in [4.69, 9.17) is 40.0 Å². The fourth-order valence-electron chi connectivity index (χ4n) is 11.6. The lowest BCUT2D eigenvalue weighted by Gasteiger charge is -2.73. The lowest BCUT2D eigenvalue weighted by molar-refractivity contribution is -0.584. The lowest BCUT2D eigenvalue weighted by Crippen LogP contribution is -2.89. The molecule has 7 fully saturated rings. The molecule has 1 spiro atoms. The highest BCUT2D eigenvalue weighted by Crippen LogP contribution is 2.74. The molecule has 0 aromatic heterocycles. The number of aliphatic hydroxyl groups is 5. The van der Waals surface area contributed by atoms with Gasteiger partial charge in [0.2, 0.25) is 0 Å². The molecular weight excluding hydrogens is 784 g/mol. The summed E-state index contributed by atoms with van der Waals surface area (Å²) in [5, 5.41) is 64.2. The second-order valence-electron chi connectivity index (χ2n) is 18.1. The summed E-state index contributed by atoms with van der Waals surface area (Å²) >= 11 is 6.49. The van der Waals surface area contributed by atoms with E-state index in [1.165, 1.54) is 5.54 Å². The minimum Gasteiger partial charge on any atom is -0.459 e. The van der Waals surface area contributed by atoms with Crippen molar-refractivity contribution in [3.8, 4) is 0 Å². The van der Waals surface area contributed by atoms with Crippen LogP contribution in [0.1, 0.15) is 81.6 Å². The van der Waals surface area contributed by atoms with Crippen LogP contribution >= 0.6 is 11.6 Å². The maximum Gasteiger partial charge on any atom is 0.338 e. The van der Waals surface area contributed by atoms with Crippen LogP contribution in [-0.2, 0) is 39.2 Å². The van der Waals surface area contributed by atoms with Gasteiger partial charge in [0.25, 0.3) is 0 Å². The summed E-state index contributed by atoms with van der Waals surface area (Å²) in [7, 11) is 0. The zero-order chi connectivity index (χ0) is 41.8. The number of ether oxygens (including phenoxy) is 6. The molecule has 15 atom stereocenters. The van der Waals surface area contributed by atoms with Gasteiger partial charge in [0.05, 0.1) is 24.0 Å². The number of benzene rings is 2. The van der Waals surface area contributed by atoms with Gasteiger partial charge in [0.1, 0.15) is 53.4 Å². The fraction of sp³-hybridized carbons (Fsp3) is 0.600. The fourth-order valence-corrected chi connectivity index (χ4v) is 11.7. The Balaban J connectivity index is 1.27. The minimum atomic E-state index is -2.49. The molecule has 5 N–H and O–H groups in total. The van der Waals surface area contributed by atoms with Crippen molar-refractivity contribution in [3.63, 3.8) is 0 Å². The maximum atomic E-state index is 13.9. The Kier molecular flexibility index (Phi) is 10.1. The molecule has 8 bridgehead atoms. The molecule has 8 aliphatic rings. The van der Waals surface area contributed by atoms with E-state index in [9.17, 15) is 35.1 Å². The predicted octanol–water partition coefficient (Wildman–Crippen LogP) is 4.16. The third kappa shape index (κ3) is 5.69. The van der Waals surface area contributed by atoms with E-state index in [1.807, 2.05) is 6.92 Å². The Labute approximate surface area is 347 Å². The molecule has 2 aromatic rings. The molecule has 3 aliphatic carbocycles. The van der Waals surface area contributed by atoms with Crippen molar-refractivity contribution in [3.05, 3.63) is 94.5 Å². The Hall–Kier alpha value is -3.21. The Morgan fingerprint density at radius 3 is 2.24 bits per heavy atom. The first kappa shape index (κ1) is 41.2. The summed E-state index contributed by atoms with van der Waals surface area (Å²) in [4.78, 5) is 27.4. The quantitative estimate of drug-likeness (QED) is 0.213. The largest absolute Gasteiger partial charge is 0.459 e. The Bertz CT molecular complexity index is 2030. The van der Waals surface area contributed by atoms with E-state index < -0.39 is 107 Å². The first-order chi connectivity index (χ1) is 28.2. The van der Waals surface area contributed by atoms with Crippen LogP contribution in [0.5, 0.6) is 0 Å². The highest BCUT2D eigenvalue weighted by Gasteiger charge is 2.90. The van der Waals surface area contributed by atoms with Crippen molar-refractivity contribution < 1.29 is 63.5 Å². The van der Waals surface area contributed by atoms with Gasteiger partial charge in [0, 0.05) is 28.2 Å². The van der Waals surface area contributed by atoms with Crippen LogP contribution in [0.2, 0.25) is 0 Å². The molecule has 2 saturated carbocycles. The zero-order valence-corrected chi connectivity index (χ0v) is 34.1. The van der Waals surface area contributed by atoms with E-state index in [-0.39, 0.29) is 29.0 Å². The average Bonchev–Trinajstić information content (AvgIpc) is 3.91. The standard InChI is InChI=1S/C45H53ClO13/c1-25-14-8-4-5-9-15-26(2)37(48)55-34-29(22-46)20-31-42(34,52)39(50)41(23-47)35(56-41)32-36-44(53,40(51,21-25)24-54-38(49)28-16-10-6-11-17-28)33-27(3)43(31,32)59-45(57-33,58-36)30-18-12-7-13-19-30/h6-7,10-13,16-20,22,25-27,32-36,39,47,50-53H,4-5,8-9,14-15,21,23-24H2,1-3H3/b29-22+/t25?,26?,27-,32+,33+,34+,35+,36+,39-,40?,41?,42-,43+,44+,45?/m1/s1. The minimum absolute atomic E-state index is 0.0383. The van der Waals surface area contributed by atoms with E-state index in [0.717, 1.165) is 25.7 Å². The van der Waals surface area contributed by atoms with E-state index in [2.05, 4.69) is 0 Å². The molecule has 0 amide bonds. The number of carbonyl (C=O) groups is 2. The van der Waals surface area contributed by atoms with Crippen LogP contribution in [0.25, 0.3) is 0 Å². The van der Waals surface area contributed by atoms with Gasteiger partial charge < -0.3 is 54.0 Å². The number of hydrogen-bond acceptors (Lipinski definition) is 13. The summed E-state index contributed by atoms with van der Waals surface area (Å²) < 4.78 is 39.4.